The van der Waals surface area contributed by atoms with Gasteiger partial charge in [0.05, 0.1) is 0 Å². The maximum absolute atomic E-state index is 3.46. The molecule has 3 nitrogen and oxygen atoms in total. The first-order valence-electron chi connectivity index (χ1n) is 5.83. The molecule has 1 atom stereocenters. The van der Waals surface area contributed by atoms with E-state index in [0.29, 0.717) is 6.04 Å². The highest BCUT2D eigenvalue weighted by atomic mass is 15.2. The van der Waals surface area contributed by atoms with Crippen molar-refractivity contribution in [2.75, 3.05) is 46.8 Å². The van der Waals surface area contributed by atoms with Crippen molar-refractivity contribution in [2.45, 2.75) is 25.8 Å². The van der Waals surface area contributed by atoms with E-state index in [1.165, 1.54) is 32.5 Å². The second kappa shape index (κ2) is 6.38. The second-order valence-electron chi connectivity index (χ2n) is 4.45. The Morgan fingerprint density at radius 2 is 2.29 bits per heavy atom. The van der Waals surface area contributed by atoms with Gasteiger partial charge in [0.25, 0.3) is 0 Å². The van der Waals surface area contributed by atoms with Gasteiger partial charge in [-0.25, -0.2) is 0 Å². The average Bonchev–Trinajstić information content (AvgIpc) is 2.18. The molecule has 1 heterocycles. The maximum Gasteiger partial charge on any atom is 0.0345 e. The van der Waals surface area contributed by atoms with Gasteiger partial charge >= 0.3 is 0 Å². The Bertz CT molecular complexity index is 149. The molecule has 0 aromatic rings. The van der Waals surface area contributed by atoms with Crippen molar-refractivity contribution < 1.29 is 0 Å². The Kier molecular flexibility index (Phi) is 5.45. The van der Waals surface area contributed by atoms with Crippen molar-refractivity contribution >= 4 is 0 Å². The minimum absolute atomic E-state index is 0.700. The summed E-state index contributed by atoms with van der Waals surface area (Å²) in [5.41, 5.74) is 0. The molecule has 0 spiro atoms. The number of hydrogen-bond acceptors (Lipinski definition) is 3. The monoisotopic (exact) mass is 199 g/mol. The van der Waals surface area contributed by atoms with E-state index in [0.717, 1.165) is 13.1 Å². The summed E-state index contributed by atoms with van der Waals surface area (Å²) in [6, 6.07) is 0.700. The maximum atomic E-state index is 3.46. The van der Waals surface area contributed by atoms with Crippen LogP contribution in [-0.4, -0.2) is 62.7 Å². The zero-order valence-corrected chi connectivity index (χ0v) is 9.92. The first-order valence-corrected chi connectivity index (χ1v) is 5.83. The topological polar surface area (TPSA) is 18.5 Å². The highest BCUT2D eigenvalue weighted by Gasteiger charge is 2.19. The third-order valence-electron chi connectivity index (χ3n) is 3.06. The van der Waals surface area contributed by atoms with Gasteiger partial charge in [-0.05, 0) is 27.1 Å². The van der Waals surface area contributed by atoms with Crippen LogP contribution >= 0.6 is 0 Å². The van der Waals surface area contributed by atoms with Gasteiger partial charge < -0.3 is 10.2 Å². The molecule has 0 bridgehead atoms. The van der Waals surface area contributed by atoms with Crippen molar-refractivity contribution in [3.63, 3.8) is 0 Å². The van der Waals surface area contributed by atoms with Crippen LogP contribution in [0.2, 0.25) is 0 Å². The number of unbranched alkanes of at least 4 members (excludes halogenated alkanes) is 1. The van der Waals surface area contributed by atoms with Crippen molar-refractivity contribution in [1.82, 2.24) is 15.1 Å². The fourth-order valence-corrected chi connectivity index (χ4v) is 1.95. The average molecular weight is 199 g/mol. The van der Waals surface area contributed by atoms with E-state index in [9.17, 15) is 0 Å². The number of nitrogens with zero attached hydrogens (tertiary/aromatic N) is 2. The van der Waals surface area contributed by atoms with E-state index >= 15 is 0 Å². The number of piperazine rings is 1. The van der Waals surface area contributed by atoms with E-state index in [2.05, 4.69) is 36.1 Å². The van der Waals surface area contributed by atoms with E-state index in [1.54, 1.807) is 0 Å². The molecule has 3 heteroatoms. The van der Waals surface area contributed by atoms with Crippen molar-refractivity contribution in [3.8, 4) is 0 Å². The molecular weight excluding hydrogens is 174 g/mol. The van der Waals surface area contributed by atoms with E-state index < -0.39 is 0 Å². The molecule has 0 aromatic carbocycles. The van der Waals surface area contributed by atoms with Gasteiger partial charge in [-0.1, -0.05) is 13.3 Å². The molecule has 0 aliphatic carbocycles. The van der Waals surface area contributed by atoms with Gasteiger partial charge in [0.15, 0.2) is 0 Å². The van der Waals surface area contributed by atoms with Crippen LogP contribution in [-0.2, 0) is 0 Å². The SMILES string of the molecule is CCCCN(C)CC1CNCCN1C. The molecule has 1 N–H and O–H groups in total. The van der Waals surface area contributed by atoms with Crippen LogP contribution in [0.4, 0.5) is 0 Å². The summed E-state index contributed by atoms with van der Waals surface area (Å²) in [6.45, 7) is 8.16. The normalized spacial score (nSPS) is 24.4. The van der Waals surface area contributed by atoms with Crippen LogP contribution in [0, 0.1) is 0 Å². The fourth-order valence-electron chi connectivity index (χ4n) is 1.95. The van der Waals surface area contributed by atoms with Gasteiger partial charge in [0.2, 0.25) is 0 Å². The van der Waals surface area contributed by atoms with Crippen LogP contribution in [0.25, 0.3) is 0 Å². The van der Waals surface area contributed by atoms with Crippen molar-refractivity contribution in [3.05, 3.63) is 0 Å². The predicted molar refractivity (Wildman–Crippen MR) is 61.7 cm³/mol. The Hall–Kier alpha value is -0.120. The summed E-state index contributed by atoms with van der Waals surface area (Å²) < 4.78 is 0. The first kappa shape index (κ1) is 12.0. The van der Waals surface area contributed by atoms with Crippen LogP contribution in [0.3, 0.4) is 0 Å². The summed E-state index contributed by atoms with van der Waals surface area (Å²) in [7, 11) is 4.47. The highest BCUT2D eigenvalue weighted by molar-refractivity contribution is 4.79. The van der Waals surface area contributed by atoms with Gasteiger partial charge in [0.1, 0.15) is 0 Å². The van der Waals surface area contributed by atoms with Crippen LogP contribution in [0.5, 0.6) is 0 Å². The lowest BCUT2D eigenvalue weighted by atomic mass is 10.2. The lowest BCUT2D eigenvalue weighted by Crippen LogP contribution is -2.53. The summed E-state index contributed by atoms with van der Waals surface area (Å²) >= 11 is 0. The molecule has 0 aromatic heterocycles. The molecule has 0 amide bonds. The lowest BCUT2D eigenvalue weighted by molar-refractivity contribution is 0.152. The molecule has 14 heavy (non-hydrogen) atoms. The first-order chi connectivity index (χ1) is 6.74. The van der Waals surface area contributed by atoms with Gasteiger partial charge in [0, 0.05) is 32.2 Å². The number of nitrogens with one attached hydrogen (secondary N) is 1. The van der Waals surface area contributed by atoms with Gasteiger partial charge in [-0.2, -0.15) is 0 Å². The molecule has 1 fully saturated rings. The zero-order chi connectivity index (χ0) is 10.4. The molecule has 84 valence electrons. The third kappa shape index (κ3) is 3.95. The minimum Gasteiger partial charge on any atom is -0.314 e. The fraction of sp³-hybridized carbons (Fsp3) is 1.00. The molecule has 1 rings (SSSR count). The predicted octanol–water partition coefficient (Wildman–Crippen LogP) is 0.622. The smallest absolute Gasteiger partial charge is 0.0345 e. The van der Waals surface area contributed by atoms with Crippen LogP contribution in [0.1, 0.15) is 19.8 Å². The molecule has 0 saturated carbocycles. The molecule has 1 aliphatic heterocycles. The van der Waals surface area contributed by atoms with E-state index in [4.69, 9.17) is 0 Å². The molecule has 0 radical (unpaired) electrons. The Labute approximate surface area is 88.5 Å². The summed E-state index contributed by atoms with van der Waals surface area (Å²) in [5, 5.41) is 3.46. The summed E-state index contributed by atoms with van der Waals surface area (Å²) in [6.07, 6.45) is 2.61. The van der Waals surface area contributed by atoms with Crippen molar-refractivity contribution in [2.24, 2.45) is 0 Å². The van der Waals surface area contributed by atoms with Gasteiger partial charge in [-0.3, -0.25) is 4.90 Å². The minimum atomic E-state index is 0.700. The highest BCUT2D eigenvalue weighted by Crippen LogP contribution is 2.02. The number of likely N-dealkylation sites (N-methyl/N-ethyl adjacent to an activating group) is 2. The van der Waals surface area contributed by atoms with Crippen LogP contribution < -0.4 is 5.32 Å². The summed E-state index contributed by atoms with van der Waals surface area (Å²) in [4.78, 5) is 4.93. The third-order valence-corrected chi connectivity index (χ3v) is 3.06. The summed E-state index contributed by atoms with van der Waals surface area (Å²) in [5.74, 6) is 0. The van der Waals surface area contributed by atoms with Crippen LogP contribution in [0.15, 0.2) is 0 Å². The number of rotatable bonds is 5. The molecule has 1 aliphatic rings. The standard InChI is InChI=1S/C11H25N3/c1-4-5-7-13(2)10-11-9-12-6-8-14(11)3/h11-12H,4-10H2,1-3H3. The zero-order valence-electron chi connectivity index (χ0n) is 9.92. The van der Waals surface area contributed by atoms with E-state index in [-0.39, 0.29) is 0 Å². The largest absolute Gasteiger partial charge is 0.314 e. The molecular formula is C11H25N3. The Morgan fingerprint density at radius 3 is 2.93 bits per heavy atom. The van der Waals surface area contributed by atoms with Gasteiger partial charge in [-0.15, -0.1) is 0 Å². The second-order valence-corrected chi connectivity index (χ2v) is 4.45. The van der Waals surface area contributed by atoms with Crippen molar-refractivity contribution in [1.29, 1.82) is 0 Å². The Morgan fingerprint density at radius 1 is 1.50 bits per heavy atom. The quantitative estimate of drug-likeness (QED) is 0.700. The Balaban J connectivity index is 2.20. The molecule has 1 saturated heterocycles. The van der Waals surface area contributed by atoms with E-state index in [1.807, 2.05) is 0 Å². The lowest BCUT2D eigenvalue weighted by Gasteiger charge is -2.35. The number of hydrogen-bond donors (Lipinski definition) is 1. The molecule has 1 unspecified atom stereocenters.